The fourth-order valence-electron chi connectivity index (χ4n) is 1.51. The van der Waals surface area contributed by atoms with E-state index in [1.807, 2.05) is 26.0 Å². The quantitative estimate of drug-likeness (QED) is 0.564. The minimum absolute atomic E-state index is 0.0133. The van der Waals surface area contributed by atoms with Gasteiger partial charge >= 0.3 is 0 Å². The van der Waals surface area contributed by atoms with Crippen molar-refractivity contribution in [3.8, 4) is 0 Å². The maximum atomic E-state index is 11.8. The van der Waals surface area contributed by atoms with E-state index in [1.165, 1.54) is 0 Å². The Hall–Kier alpha value is -1.71. The molecule has 4 nitrogen and oxygen atoms in total. The van der Waals surface area contributed by atoms with E-state index in [-0.39, 0.29) is 5.91 Å². The Morgan fingerprint density at radius 3 is 2.80 bits per heavy atom. The van der Waals surface area contributed by atoms with Crippen molar-refractivity contribution < 1.29 is 4.79 Å². The molecule has 0 aromatic heterocycles. The van der Waals surface area contributed by atoms with Crippen LogP contribution in [0.25, 0.3) is 0 Å². The summed E-state index contributed by atoms with van der Waals surface area (Å²) in [5.41, 5.74) is 7.58. The molecule has 80 valence electrons. The number of fused-ring (bicyclic) bond motifs is 1. The third kappa shape index (κ3) is 1.75. The van der Waals surface area contributed by atoms with Crippen molar-refractivity contribution in [1.29, 1.82) is 0 Å². The van der Waals surface area contributed by atoms with Gasteiger partial charge < -0.3 is 16.4 Å². The van der Waals surface area contributed by atoms with Gasteiger partial charge in [-0.25, -0.2) is 0 Å². The summed E-state index contributed by atoms with van der Waals surface area (Å²) in [6.07, 6.45) is 0. The maximum absolute atomic E-state index is 11.8. The van der Waals surface area contributed by atoms with Crippen LogP contribution in [0.4, 0.5) is 17.1 Å². The number of carbonyl (C=O) groups excluding carboxylic acids is 1. The molecule has 1 amide bonds. The lowest BCUT2D eigenvalue weighted by Gasteiger charge is -2.19. The topological polar surface area (TPSA) is 67.2 Å². The average Bonchev–Trinajstić information content (AvgIpc) is 2.25. The van der Waals surface area contributed by atoms with Gasteiger partial charge in [-0.1, -0.05) is 0 Å². The Labute approximate surface area is 88.9 Å². The minimum Gasteiger partial charge on any atom is -0.399 e. The zero-order valence-electron chi connectivity index (χ0n) is 8.92. The van der Waals surface area contributed by atoms with E-state index >= 15 is 0 Å². The van der Waals surface area contributed by atoms with Crippen molar-refractivity contribution >= 4 is 23.0 Å². The molecule has 1 aromatic carbocycles. The first-order valence-corrected chi connectivity index (χ1v) is 4.94. The van der Waals surface area contributed by atoms with Crippen molar-refractivity contribution in [2.24, 2.45) is 5.41 Å². The van der Waals surface area contributed by atoms with Crippen molar-refractivity contribution in [2.75, 3.05) is 22.9 Å². The van der Waals surface area contributed by atoms with Crippen molar-refractivity contribution in [3.05, 3.63) is 18.2 Å². The molecular weight excluding hydrogens is 190 g/mol. The molecule has 0 spiro atoms. The number of amides is 1. The summed E-state index contributed by atoms with van der Waals surface area (Å²) in [5, 5.41) is 6.11. The van der Waals surface area contributed by atoms with Gasteiger partial charge in [0, 0.05) is 12.2 Å². The van der Waals surface area contributed by atoms with E-state index in [0.717, 1.165) is 11.4 Å². The molecule has 0 fully saturated rings. The summed E-state index contributed by atoms with van der Waals surface area (Å²) < 4.78 is 0. The van der Waals surface area contributed by atoms with Crippen LogP contribution >= 0.6 is 0 Å². The van der Waals surface area contributed by atoms with Crippen molar-refractivity contribution in [3.63, 3.8) is 0 Å². The van der Waals surface area contributed by atoms with Crippen molar-refractivity contribution in [2.45, 2.75) is 13.8 Å². The lowest BCUT2D eigenvalue weighted by atomic mass is 9.93. The molecule has 0 atom stereocenters. The lowest BCUT2D eigenvalue weighted by molar-refractivity contribution is -0.123. The van der Waals surface area contributed by atoms with Crippen LogP contribution in [0.1, 0.15) is 13.8 Å². The molecule has 4 N–H and O–H groups in total. The molecule has 1 heterocycles. The monoisotopic (exact) mass is 205 g/mol. The third-order valence-corrected chi connectivity index (χ3v) is 2.63. The third-order valence-electron chi connectivity index (χ3n) is 2.63. The average molecular weight is 205 g/mol. The molecule has 1 aliphatic heterocycles. The Bertz CT molecular complexity index is 412. The molecule has 4 heteroatoms. The van der Waals surface area contributed by atoms with Gasteiger partial charge in [0.25, 0.3) is 0 Å². The number of benzene rings is 1. The highest BCUT2D eigenvalue weighted by atomic mass is 16.2. The Kier molecular flexibility index (Phi) is 2.07. The van der Waals surface area contributed by atoms with Crippen LogP contribution in [-0.4, -0.2) is 12.5 Å². The minimum atomic E-state index is -0.409. The summed E-state index contributed by atoms with van der Waals surface area (Å²) >= 11 is 0. The zero-order chi connectivity index (χ0) is 11.1. The number of nitrogens with two attached hydrogens (primary N) is 1. The number of rotatable bonds is 0. The lowest BCUT2D eigenvalue weighted by Crippen LogP contribution is -2.34. The van der Waals surface area contributed by atoms with E-state index in [2.05, 4.69) is 10.6 Å². The normalized spacial score (nSPS) is 18.4. The molecule has 1 aromatic rings. The fourth-order valence-corrected chi connectivity index (χ4v) is 1.51. The van der Waals surface area contributed by atoms with Gasteiger partial charge in [0.15, 0.2) is 0 Å². The Balaban J connectivity index is 2.40. The van der Waals surface area contributed by atoms with Crippen LogP contribution in [0.2, 0.25) is 0 Å². The first-order chi connectivity index (χ1) is 6.99. The highest BCUT2D eigenvalue weighted by Crippen LogP contribution is 2.31. The summed E-state index contributed by atoms with van der Waals surface area (Å²) in [4.78, 5) is 11.8. The van der Waals surface area contributed by atoms with Crippen LogP contribution in [0, 0.1) is 5.41 Å². The van der Waals surface area contributed by atoms with Gasteiger partial charge in [-0.15, -0.1) is 0 Å². The van der Waals surface area contributed by atoms with Gasteiger partial charge in [-0.05, 0) is 32.0 Å². The highest BCUT2D eigenvalue weighted by Gasteiger charge is 2.30. The van der Waals surface area contributed by atoms with Crippen molar-refractivity contribution in [1.82, 2.24) is 0 Å². The molecule has 0 aliphatic carbocycles. The molecule has 0 bridgehead atoms. The highest BCUT2D eigenvalue weighted by molar-refractivity contribution is 5.99. The van der Waals surface area contributed by atoms with Gasteiger partial charge in [0.2, 0.25) is 5.91 Å². The molecule has 0 saturated heterocycles. The van der Waals surface area contributed by atoms with E-state index in [4.69, 9.17) is 5.73 Å². The summed E-state index contributed by atoms with van der Waals surface area (Å²) in [7, 11) is 0. The number of carbonyl (C=O) groups is 1. The van der Waals surface area contributed by atoms with Crippen LogP contribution in [0.15, 0.2) is 18.2 Å². The predicted molar refractivity (Wildman–Crippen MR) is 61.8 cm³/mol. The second-order valence-corrected chi connectivity index (χ2v) is 4.50. The summed E-state index contributed by atoms with van der Waals surface area (Å²) in [6.45, 7) is 4.44. The van der Waals surface area contributed by atoms with Gasteiger partial charge in [0.1, 0.15) is 0 Å². The number of hydrogen-bond acceptors (Lipinski definition) is 3. The molecule has 2 rings (SSSR count). The van der Waals surface area contributed by atoms with Crippen LogP contribution < -0.4 is 16.4 Å². The number of nitrogen functional groups attached to an aromatic ring is 1. The first kappa shape index (κ1) is 9.83. The van der Waals surface area contributed by atoms with Crippen LogP contribution in [0.5, 0.6) is 0 Å². The standard InChI is InChI=1S/C11H15N3O/c1-11(2)6-13-8-4-3-7(12)5-9(8)14-10(11)15/h3-5,13H,6,12H2,1-2H3,(H,14,15). The Morgan fingerprint density at radius 2 is 2.07 bits per heavy atom. The summed E-state index contributed by atoms with van der Waals surface area (Å²) in [6, 6.07) is 5.46. The number of anilines is 3. The molecular formula is C11H15N3O. The molecule has 0 radical (unpaired) electrons. The first-order valence-electron chi connectivity index (χ1n) is 4.94. The predicted octanol–water partition coefficient (Wildman–Crippen LogP) is 1.66. The number of nitrogens with one attached hydrogen (secondary N) is 2. The van der Waals surface area contributed by atoms with Gasteiger partial charge in [-0.3, -0.25) is 4.79 Å². The molecule has 15 heavy (non-hydrogen) atoms. The smallest absolute Gasteiger partial charge is 0.231 e. The van der Waals surface area contributed by atoms with E-state index in [9.17, 15) is 4.79 Å². The SMILES string of the molecule is CC1(C)CNc2ccc(N)cc2NC1=O. The van der Waals surface area contributed by atoms with E-state index in [0.29, 0.717) is 12.2 Å². The summed E-state index contributed by atoms with van der Waals surface area (Å²) in [5.74, 6) is 0.0133. The van der Waals surface area contributed by atoms with E-state index < -0.39 is 5.41 Å². The largest absolute Gasteiger partial charge is 0.399 e. The molecule has 0 unspecified atom stereocenters. The van der Waals surface area contributed by atoms with Crippen LogP contribution in [-0.2, 0) is 4.79 Å². The maximum Gasteiger partial charge on any atom is 0.231 e. The van der Waals surface area contributed by atoms with Gasteiger partial charge in [-0.2, -0.15) is 0 Å². The Morgan fingerprint density at radius 1 is 1.33 bits per heavy atom. The van der Waals surface area contributed by atoms with Gasteiger partial charge in [0.05, 0.1) is 16.8 Å². The molecule has 0 saturated carbocycles. The van der Waals surface area contributed by atoms with Crippen LogP contribution in [0.3, 0.4) is 0 Å². The second-order valence-electron chi connectivity index (χ2n) is 4.50. The van der Waals surface area contributed by atoms with E-state index in [1.54, 1.807) is 6.07 Å². The fraction of sp³-hybridized carbons (Fsp3) is 0.364. The second kappa shape index (κ2) is 3.15. The zero-order valence-corrected chi connectivity index (χ0v) is 8.92. The molecule has 1 aliphatic rings. The number of hydrogen-bond donors (Lipinski definition) is 3.